The largest absolute Gasteiger partial charge is 0.416 e. The molecule has 0 spiro atoms. The van der Waals surface area contributed by atoms with E-state index < -0.39 is 17.3 Å². The molecule has 0 saturated carbocycles. The van der Waals surface area contributed by atoms with E-state index in [1.807, 2.05) is 6.92 Å². The monoisotopic (exact) mass is 243 g/mol. The van der Waals surface area contributed by atoms with E-state index in [-0.39, 0.29) is 0 Å². The van der Waals surface area contributed by atoms with Gasteiger partial charge in [-0.3, -0.25) is 0 Å². The fraction of sp³-hybridized carbons (Fsp3) is 0.538. The molecule has 1 aliphatic rings. The Kier molecular flexibility index (Phi) is 3.17. The average molecular weight is 243 g/mol. The predicted octanol–water partition coefficient (Wildman–Crippen LogP) is 3.69. The van der Waals surface area contributed by atoms with Crippen molar-refractivity contribution in [1.82, 2.24) is 5.32 Å². The standard InChI is InChI=1S/C13H16F3N/c1-2-12(8-5-9-17-12)10-6-3-4-7-11(10)13(14,15)16/h3-4,6-7,17H,2,5,8-9H2,1H3. The van der Waals surface area contributed by atoms with E-state index >= 15 is 0 Å². The molecule has 1 saturated heterocycles. The zero-order chi connectivity index (χ0) is 12.5. The lowest BCUT2D eigenvalue weighted by Gasteiger charge is -2.31. The van der Waals surface area contributed by atoms with Crippen molar-refractivity contribution < 1.29 is 13.2 Å². The molecule has 0 aromatic heterocycles. The number of alkyl halides is 3. The minimum Gasteiger partial charge on any atom is -0.307 e. The summed E-state index contributed by atoms with van der Waals surface area (Å²) in [6.45, 7) is 2.73. The van der Waals surface area contributed by atoms with Crippen LogP contribution >= 0.6 is 0 Å². The molecule has 1 aromatic carbocycles. The van der Waals surface area contributed by atoms with E-state index in [1.165, 1.54) is 12.1 Å². The molecule has 2 rings (SSSR count). The van der Waals surface area contributed by atoms with Gasteiger partial charge in [0.1, 0.15) is 0 Å². The molecule has 1 unspecified atom stereocenters. The van der Waals surface area contributed by atoms with E-state index in [2.05, 4.69) is 5.32 Å². The molecule has 1 atom stereocenters. The van der Waals surface area contributed by atoms with Crippen LogP contribution in [0.3, 0.4) is 0 Å². The van der Waals surface area contributed by atoms with Gasteiger partial charge in [0.15, 0.2) is 0 Å². The van der Waals surface area contributed by atoms with Crippen LogP contribution in [0.2, 0.25) is 0 Å². The Morgan fingerprint density at radius 2 is 2.00 bits per heavy atom. The second kappa shape index (κ2) is 4.33. The van der Waals surface area contributed by atoms with Crippen molar-refractivity contribution >= 4 is 0 Å². The third-order valence-corrected chi connectivity index (χ3v) is 3.60. The van der Waals surface area contributed by atoms with Gasteiger partial charge in [-0.05, 0) is 37.4 Å². The highest BCUT2D eigenvalue weighted by Crippen LogP contribution is 2.41. The first-order valence-electron chi connectivity index (χ1n) is 5.91. The number of rotatable bonds is 2. The molecule has 1 nitrogen and oxygen atoms in total. The number of hydrogen-bond acceptors (Lipinski definition) is 1. The molecule has 1 aromatic rings. The van der Waals surface area contributed by atoms with Gasteiger partial charge in [-0.2, -0.15) is 13.2 Å². The molecule has 1 N–H and O–H groups in total. The van der Waals surface area contributed by atoms with Crippen molar-refractivity contribution in [2.45, 2.75) is 37.9 Å². The van der Waals surface area contributed by atoms with Crippen LogP contribution in [0.1, 0.15) is 37.3 Å². The lowest BCUT2D eigenvalue weighted by molar-refractivity contribution is -0.139. The maximum atomic E-state index is 13.0. The van der Waals surface area contributed by atoms with Crippen molar-refractivity contribution in [1.29, 1.82) is 0 Å². The van der Waals surface area contributed by atoms with Gasteiger partial charge < -0.3 is 5.32 Å². The molecule has 94 valence electrons. The third-order valence-electron chi connectivity index (χ3n) is 3.60. The quantitative estimate of drug-likeness (QED) is 0.835. The summed E-state index contributed by atoms with van der Waals surface area (Å²) in [5.74, 6) is 0. The van der Waals surface area contributed by atoms with Crippen LogP contribution in [-0.4, -0.2) is 6.54 Å². The minimum absolute atomic E-state index is 0.396. The van der Waals surface area contributed by atoms with Gasteiger partial charge >= 0.3 is 6.18 Å². The van der Waals surface area contributed by atoms with Crippen molar-refractivity contribution in [3.05, 3.63) is 35.4 Å². The first-order chi connectivity index (χ1) is 7.99. The summed E-state index contributed by atoms with van der Waals surface area (Å²) < 4.78 is 38.9. The molecule has 0 radical (unpaired) electrons. The Bertz CT molecular complexity index is 392. The van der Waals surface area contributed by atoms with Gasteiger partial charge in [-0.15, -0.1) is 0 Å². The van der Waals surface area contributed by atoms with Crippen LogP contribution in [0.5, 0.6) is 0 Å². The average Bonchev–Trinajstić information content (AvgIpc) is 2.78. The summed E-state index contributed by atoms with van der Waals surface area (Å²) in [4.78, 5) is 0. The normalized spacial score (nSPS) is 25.2. The molecule has 0 aliphatic carbocycles. The highest BCUT2D eigenvalue weighted by atomic mass is 19.4. The van der Waals surface area contributed by atoms with Crippen LogP contribution in [-0.2, 0) is 11.7 Å². The molecule has 1 aliphatic heterocycles. The van der Waals surface area contributed by atoms with Gasteiger partial charge in [0.05, 0.1) is 5.56 Å². The van der Waals surface area contributed by atoms with Gasteiger partial charge in [-0.25, -0.2) is 0 Å². The number of nitrogens with one attached hydrogen (secondary N) is 1. The van der Waals surface area contributed by atoms with Crippen molar-refractivity contribution in [2.75, 3.05) is 6.54 Å². The first kappa shape index (κ1) is 12.4. The highest BCUT2D eigenvalue weighted by molar-refractivity contribution is 5.36. The number of halogens is 3. The molecule has 17 heavy (non-hydrogen) atoms. The summed E-state index contributed by atoms with van der Waals surface area (Å²) in [6, 6.07) is 5.91. The van der Waals surface area contributed by atoms with Gasteiger partial charge in [0, 0.05) is 5.54 Å². The zero-order valence-corrected chi connectivity index (χ0v) is 9.77. The Morgan fingerprint density at radius 1 is 1.29 bits per heavy atom. The SMILES string of the molecule is CCC1(c2ccccc2C(F)(F)F)CCCN1. The first-order valence-corrected chi connectivity index (χ1v) is 5.91. The summed E-state index contributed by atoms with van der Waals surface area (Å²) in [5, 5.41) is 3.25. The van der Waals surface area contributed by atoms with Gasteiger partial charge in [0.2, 0.25) is 0 Å². The Hall–Kier alpha value is -1.03. The predicted molar refractivity (Wildman–Crippen MR) is 60.6 cm³/mol. The van der Waals surface area contributed by atoms with E-state index in [1.54, 1.807) is 12.1 Å². The summed E-state index contributed by atoms with van der Waals surface area (Å²) in [5.41, 5.74) is -0.602. The van der Waals surface area contributed by atoms with Crippen LogP contribution in [0, 0.1) is 0 Å². The maximum Gasteiger partial charge on any atom is 0.416 e. The summed E-state index contributed by atoms with van der Waals surface area (Å²) >= 11 is 0. The molecule has 0 bridgehead atoms. The number of benzene rings is 1. The minimum atomic E-state index is -4.27. The highest BCUT2D eigenvalue weighted by Gasteiger charge is 2.41. The van der Waals surface area contributed by atoms with Crippen LogP contribution in [0.4, 0.5) is 13.2 Å². The van der Waals surface area contributed by atoms with E-state index in [4.69, 9.17) is 0 Å². The van der Waals surface area contributed by atoms with Crippen LogP contribution < -0.4 is 5.32 Å². The molecular weight excluding hydrogens is 227 g/mol. The molecule has 4 heteroatoms. The van der Waals surface area contributed by atoms with Gasteiger partial charge in [-0.1, -0.05) is 25.1 Å². The molecule has 1 fully saturated rings. The third kappa shape index (κ3) is 2.18. The van der Waals surface area contributed by atoms with E-state index in [9.17, 15) is 13.2 Å². The smallest absolute Gasteiger partial charge is 0.307 e. The fourth-order valence-electron chi connectivity index (χ4n) is 2.68. The van der Waals surface area contributed by atoms with Crippen molar-refractivity contribution in [2.24, 2.45) is 0 Å². The number of hydrogen-bond donors (Lipinski definition) is 1. The Balaban J connectivity index is 2.51. The molecular formula is C13H16F3N. The summed E-state index contributed by atoms with van der Waals surface area (Å²) in [7, 11) is 0. The fourth-order valence-corrected chi connectivity index (χ4v) is 2.68. The lowest BCUT2D eigenvalue weighted by Crippen LogP contribution is -2.37. The van der Waals surface area contributed by atoms with Crippen molar-refractivity contribution in [3.8, 4) is 0 Å². The van der Waals surface area contributed by atoms with Crippen LogP contribution in [0.15, 0.2) is 24.3 Å². The van der Waals surface area contributed by atoms with E-state index in [0.717, 1.165) is 19.4 Å². The van der Waals surface area contributed by atoms with Crippen molar-refractivity contribution in [3.63, 3.8) is 0 Å². The van der Waals surface area contributed by atoms with Crippen LogP contribution in [0.25, 0.3) is 0 Å². The second-order valence-corrected chi connectivity index (χ2v) is 4.51. The maximum absolute atomic E-state index is 13.0. The second-order valence-electron chi connectivity index (χ2n) is 4.51. The van der Waals surface area contributed by atoms with E-state index in [0.29, 0.717) is 12.0 Å². The molecule has 0 amide bonds. The zero-order valence-electron chi connectivity index (χ0n) is 9.77. The Labute approximate surface area is 99.0 Å². The lowest BCUT2D eigenvalue weighted by atomic mass is 9.83. The molecule has 1 heterocycles. The Morgan fingerprint density at radius 3 is 2.53 bits per heavy atom. The topological polar surface area (TPSA) is 12.0 Å². The van der Waals surface area contributed by atoms with Gasteiger partial charge in [0.25, 0.3) is 0 Å². The summed E-state index contributed by atoms with van der Waals surface area (Å²) in [6.07, 6.45) is -1.89.